The summed E-state index contributed by atoms with van der Waals surface area (Å²) >= 11 is 1.05. The fourth-order valence-electron chi connectivity index (χ4n) is 2.43. The molecule has 1 atom stereocenters. The predicted molar refractivity (Wildman–Crippen MR) is 88.1 cm³/mol. The summed E-state index contributed by atoms with van der Waals surface area (Å²) in [5, 5.41) is 13.8. The number of amides is 1. The molecule has 2 heterocycles. The van der Waals surface area contributed by atoms with Crippen molar-refractivity contribution in [2.45, 2.75) is 50.2 Å². The zero-order valence-corrected chi connectivity index (χ0v) is 14.4. The van der Waals surface area contributed by atoms with Crippen LogP contribution in [0.15, 0.2) is 17.4 Å². The van der Waals surface area contributed by atoms with E-state index in [-0.39, 0.29) is 6.04 Å². The van der Waals surface area contributed by atoms with Gasteiger partial charge in [0.15, 0.2) is 0 Å². The van der Waals surface area contributed by atoms with Gasteiger partial charge in [-0.3, -0.25) is 0 Å². The van der Waals surface area contributed by atoms with E-state index >= 15 is 0 Å². The number of nitrogens with zero attached hydrogens (tertiary/aromatic N) is 4. The van der Waals surface area contributed by atoms with Crippen LogP contribution in [-0.2, 0) is 4.74 Å². The minimum atomic E-state index is -0.512. The molecule has 1 aliphatic rings. The average molecular weight is 335 g/mol. The zero-order chi connectivity index (χ0) is 16.9. The molecule has 1 fully saturated rings. The quantitative estimate of drug-likeness (QED) is 0.670. The number of carbonyl (C=O) groups excluding carboxylic acids is 1. The average Bonchev–Trinajstić information content (AvgIpc) is 2.46. The van der Waals surface area contributed by atoms with Crippen molar-refractivity contribution in [3.63, 3.8) is 0 Å². The molecule has 2 rings (SSSR count). The van der Waals surface area contributed by atoms with Crippen LogP contribution in [0.1, 0.15) is 33.6 Å². The summed E-state index contributed by atoms with van der Waals surface area (Å²) in [6.07, 6.45) is 4.53. The first-order valence-corrected chi connectivity index (χ1v) is 8.31. The van der Waals surface area contributed by atoms with E-state index < -0.39 is 11.7 Å². The monoisotopic (exact) mass is 335 g/mol. The minimum Gasteiger partial charge on any atom is -0.444 e. The summed E-state index contributed by atoms with van der Waals surface area (Å²) in [6, 6.07) is -0.00602. The lowest BCUT2D eigenvalue weighted by Crippen LogP contribution is -2.49. The Morgan fingerprint density at radius 2 is 2.35 bits per heavy atom. The first-order chi connectivity index (χ1) is 10.9. The van der Waals surface area contributed by atoms with Crippen molar-refractivity contribution in [1.29, 1.82) is 5.26 Å². The second kappa shape index (κ2) is 7.51. The normalized spacial score (nSPS) is 18.2. The molecule has 0 spiro atoms. The molecule has 7 nitrogen and oxygen atoms in total. The molecule has 0 aliphatic carbocycles. The highest BCUT2D eigenvalue weighted by Crippen LogP contribution is 2.28. The SMILES string of the molecule is CC(C)(C)OC(=O)N[C@H]1CCCN(c2ncncc2SC#N)C1. The van der Waals surface area contributed by atoms with Gasteiger partial charge >= 0.3 is 6.09 Å². The van der Waals surface area contributed by atoms with Gasteiger partial charge < -0.3 is 15.0 Å². The minimum absolute atomic E-state index is 0.00602. The van der Waals surface area contributed by atoms with Gasteiger partial charge in [0.2, 0.25) is 0 Å². The molecule has 0 radical (unpaired) electrons. The van der Waals surface area contributed by atoms with E-state index in [1.807, 2.05) is 20.8 Å². The Labute approximate surface area is 140 Å². The number of hydrogen-bond acceptors (Lipinski definition) is 7. The maximum atomic E-state index is 11.9. The van der Waals surface area contributed by atoms with Crippen LogP contribution in [0.5, 0.6) is 0 Å². The lowest BCUT2D eigenvalue weighted by Gasteiger charge is -2.34. The van der Waals surface area contributed by atoms with Gasteiger partial charge in [0.05, 0.1) is 4.90 Å². The number of rotatable bonds is 3. The topological polar surface area (TPSA) is 91.1 Å². The molecule has 1 aromatic heterocycles. The van der Waals surface area contributed by atoms with Gasteiger partial charge in [0, 0.05) is 25.3 Å². The van der Waals surface area contributed by atoms with E-state index in [2.05, 4.69) is 25.6 Å². The Morgan fingerprint density at radius 3 is 3.04 bits per heavy atom. The molecule has 1 N–H and O–H groups in total. The summed E-state index contributed by atoms with van der Waals surface area (Å²) in [7, 11) is 0. The third kappa shape index (κ3) is 5.28. The van der Waals surface area contributed by atoms with E-state index in [0.717, 1.165) is 41.9 Å². The van der Waals surface area contributed by atoms with Crippen LogP contribution in [-0.4, -0.2) is 40.8 Å². The number of carbonyl (C=O) groups is 1. The zero-order valence-electron chi connectivity index (χ0n) is 13.6. The van der Waals surface area contributed by atoms with E-state index in [1.165, 1.54) is 6.33 Å². The lowest BCUT2D eigenvalue weighted by atomic mass is 10.1. The Hall–Kier alpha value is -2.01. The molecular weight excluding hydrogens is 314 g/mol. The van der Waals surface area contributed by atoms with Gasteiger partial charge in [-0.05, 0) is 45.4 Å². The van der Waals surface area contributed by atoms with Crippen LogP contribution in [0.2, 0.25) is 0 Å². The number of thioether (sulfide) groups is 1. The third-order valence-electron chi connectivity index (χ3n) is 3.26. The van der Waals surface area contributed by atoms with E-state index in [4.69, 9.17) is 10.00 Å². The Kier molecular flexibility index (Phi) is 5.66. The second-order valence-electron chi connectivity index (χ2n) is 6.34. The van der Waals surface area contributed by atoms with Crippen molar-refractivity contribution < 1.29 is 9.53 Å². The highest BCUT2D eigenvalue weighted by Gasteiger charge is 2.26. The standard InChI is InChI=1S/C15H21N5O2S/c1-15(2,3)22-14(21)19-11-5-4-6-20(8-11)13-12(23-9-16)7-17-10-18-13/h7,10-11H,4-6,8H2,1-3H3,(H,19,21)/t11-/m0/s1. The van der Waals surface area contributed by atoms with Gasteiger partial charge in [0.25, 0.3) is 0 Å². The Morgan fingerprint density at radius 1 is 1.57 bits per heavy atom. The van der Waals surface area contributed by atoms with Crippen molar-refractivity contribution in [1.82, 2.24) is 15.3 Å². The summed E-state index contributed by atoms with van der Waals surface area (Å²) in [5.41, 5.74) is -0.512. The summed E-state index contributed by atoms with van der Waals surface area (Å²) in [4.78, 5) is 23.0. The predicted octanol–water partition coefficient (Wildman–Crippen LogP) is 2.54. The molecule has 8 heteroatoms. The molecule has 0 unspecified atom stereocenters. The van der Waals surface area contributed by atoms with Crippen LogP contribution in [0, 0.1) is 10.7 Å². The lowest BCUT2D eigenvalue weighted by molar-refractivity contribution is 0.0500. The molecule has 124 valence electrons. The smallest absolute Gasteiger partial charge is 0.407 e. The van der Waals surface area contributed by atoms with Crippen LogP contribution in [0.3, 0.4) is 0 Å². The number of nitriles is 1. The van der Waals surface area contributed by atoms with Crippen LogP contribution in [0.4, 0.5) is 10.6 Å². The van der Waals surface area contributed by atoms with Crippen LogP contribution >= 0.6 is 11.8 Å². The number of hydrogen-bond donors (Lipinski definition) is 1. The third-order valence-corrected chi connectivity index (χ3v) is 3.86. The molecule has 0 aromatic carbocycles. The molecule has 1 saturated heterocycles. The molecule has 0 bridgehead atoms. The van der Waals surface area contributed by atoms with E-state index in [9.17, 15) is 4.79 Å². The molecule has 23 heavy (non-hydrogen) atoms. The van der Waals surface area contributed by atoms with Crippen molar-refractivity contribution >= 4 is 23.7 Å². The van der Waals surface area contributed by atoms with Gasteiger partial charge in [-0.25, -0.2) is 14.8 Å². The number of thiocyanates is 1. The first kappa shape index (κ1) is 17.3. The molecule has 1 amide bonds. The summed E-state index contributed by atoms with van der Waals surface area (Å²) < 4.78 is 5.30. The highest BCUT2D eigenvalue weighted by molar-refractivity contribution is 8.03. The first-order valence-electron chi connectivity index (χ1n) is 7.49. The maximum Gasteiger partial charge on any atom is 0.407 e. The highest BCUT2D eigenvalue weighted by atomic mass is 32.2. The van der Waals surface area contributed by atoms with Crippen LogP contribution in [0.25, 0.3) is 0 Å². The Bertz CT molecular complexity index is 596. The van der Waals surface area contributed by atoms with Crippen molar-refractivity contribution in [2.75, 3.05) is 18.0 Å². The van der Waals surface area contributed by atoms with E-state index in [1.54, 1.807) is 6.20 Å². The fourth-order valence-corrected chi connectivity index (χ4v) is 2.92. The van der Waals surface area contributed by atoms with Gasteiger partial charge in [-0.2, -0.15) is 5.26 Å². The number of alkyl carbamates (subject to hydrolysis) is 1. The largest absolute Gasteiger partial charge is 0.444 e. The Balaban J connectivity index is 2.01. The fraction of sp³-hybridized carbons (Fsp3) is 0.600. The molecular formula is C15H21N5O2S. The number of aromatic nitrogens is 2. The van der Waals surface area contributed by atoms with E-state index in [0.29, 0.717) is 6.54 Å². The van der Waals surface area contributed by atoms with Gasteiger partial charge in [0.1, 0.15) is 23.1 Å². The van der Waals surface area contributed by atoms with Gasteiger partial charge in [-0.15, -0.1) is 0 Å². The second-order valence-corrected chi connectivity index (χ2v) is 7.16. The maximum absolute atomic E-state index is 11.9. The van der Waals surface area contributed by atoms with Gasteiger partial charge in [-0.1, -0.05) is 0 Å². The van der Waals surface area contributed by atoms with Crippen molar-refractivity contribution in [3.05, 3.63) is 12.5 Å². The summed E-state index contributed by atoms with van der Waals surface area (Å²) in [6.45, 7) is 6.99. The van der Waals surface area contributed by atoms with Crippen molar-refractivity contribution in [3.8, 4) is 5.40 Å². The van der Waals surface area contributed by atoms with Crippen LogP contribution < -0.4 is 10.2 Å². The van der Waals surface area contributed by atoms with Crippen molar-refractivity contribution in [2.24, 2.45) is 0 Å². The molecule has 1 aliphatic heterocycles. The molecule has 0 saturated carbocycles. The number of piperidine rings is 1. The molecule has 1 aromatic rings. The summed E-state index contributed by atoms with van der Waals surface area (Å²) in [5.74, 6) is 0.738. The number of anilines is 1. The number of ether oxygens (including phenoxy) is 1. The number of nitrogens with one attached hydrogen (secondary N) is 1.